The SMILES string of the molecule is Cc1cc(C)c(C(=O)NC2CCC(n3nnc(-c4ccccc4)n3)CC2)cn1. The molecule has 1 aromatic carbocycles. The first-order chi connectivity index (χ1) is 13.6. The fourth-order valence-electron chi connectivity index (χ4n) is 3.73. The van der Waals surface area contributed by atoms with E-state index < -0.39 is 0 Å². The van der Waals surface area contributed by atoms with Gasteiger partial charge in [0.05, 0.1) is 11.6 Å². The van der Waals surface area contributed by atoms with Crippen molar-refractivity contribution in [2.24, 2.45) is 0 Å². The average molecular weight is 376 g/mol. The van der Waals surface area contributed by atoms with Gasteiger partial charge < -0.3 is 5.32 Å². The second kappa shape index (κ2) is 7.88. The lowest BCUT2D eigenvalue weighted by Gasteiger charge is -2.28. The Morgan fingerprint density at radius 2 is 1.86 bits per heavy atom. The molecule has 0 bridgehead atoms. The molecule has 1 saturated carbocycles. The van der Waals surface area contributed by atoms with Gasteiger partial charge in [-0.25, -0.2) is 0 Å². The van der Waals surface area contributed by atoms with E-state index in [0.29, 0.717) is 11.4 Å². The van der Waals surface area contributed by atoms with Crippen molar-refractivity contribution >= 4 is 5.91 Å². The molecule has 28 heavy (non-hydrogen) atoms. The maximum absolute atomic E-state index is 12.6. The zero-order valence-electron chi connectivity index (χ0n) is 16.2. The molecule has 7 heteroatoms. The Balaban J connectivity index is 1.35. The number of tetrazole rings is 1. The molecule has 0 spiro atoms. The van der Waals surface area contributed by atoms with Crippen molar-refractivity contribution in [3.8, 4) is 11.4 Å². The van der Waals surface area contributed by atoms with Crippen molar-refractivity contribution in [3.05, 3.63) is 59.4 Å². The first kappa shape index (κ1) is 18.3. The van der Waals surface area contributed by atoms with E-state index in [9.17, 15) is 4.79 Å². The highest BCUT2D eigenvalue weighted by molar-refractivity contribution is 5.95. The molecule has 4 rings (SSSR count). The lowest BCUT2D eigenvalue weighted by molar-refractivity contribution is 0.0919. The largest absolute Gasteiger partial charge is 0.349 e. The molecular formula is C21H24N6O. The number of benzene rings is 1. The van der Waals surface area contributed by atoms with Gasteiger partial charge in [0.2, 0.25) is 5.82 Å². The van der Waals surface area contributed by atoms with Crippen molar-refractivity contribution < 1.29 is 4.79 Å². The number of nitrogens with one attached hydrogen (secondary N) is 1. The number of carbonyl (C=O) groups excluding carboxylic acids is 1. The third-order valence-electron chi connectivity index (χ3n) is 5.31. The van der Waals surface area contributed by atoms with Gasteiger partial charge in [0.1, 0.15) is 0 Å². The monoisotopic (exact) mass is 376 g/mol. The Bertz CT molecular complexity index is 960. The third-order valence-corrected chi connectivity index (χ3v) is 5.31. The normalized spacial score (nSPS) is 19.4. The second-order valence-corrected chi connectivity index (χ2v) is 7.42. The van der Waals surface area contributed by atoms with Crippen molar-refractivity contribution in [1.82, 2.24) is 30.5 Å². The fraction of sp³-hybridized carbons (Fsp3) is 0.381. The number of carbonyl (C=O) groups is 1. The van der Waals surface area contributed by atoms with E-state index in [1.807, 2.05) is 50.2 Å². The molecule has 0 aliphatic heterocycles. The number of aryl methyl sites for hydroxylation is 2. The molecule has 7 nitrogen and oxygen atoms in total. The Hall–Kier alpha value is -3.09. The summed E-state index contributed by atoms with van der Waals surface area (Å²) < 4.78 is 0. The summed E-state index contributed by atoms with van der Waals surface area (Å²) in [6.45, 7) is 3.87. The fourth-order valence-corrected chi connectivity index (χ4v) is 3.73. The van der Waals surface area contributed by atoms with E-state index in [1.165, 1.54) is 0 Å². The van der Waals surface area contributed by atoms with Gasteiger partial charge in [-0.1, -0.05) is 30.3 Å². The summed E-state index contributed by atoms with van der Waals surface area (Å²) in [7, 11) is 0. The first-order valence-corrected chi connectivity index (χ1v) is 9.69. The Morgan fingerprint density at radius 3 is 2.57 bits per heavy atom. The van der Waals surface area contributed by atoms with Crippen LogP contribution in [-0.2, 0) is 0 Å². The minimum absolute atomic E-state index is 0.0429. The molecule has 0 radical (unpaired) electrons. The molecule has 2 heterocycles. The summed E-state index contributed by atoms with van der Waals surface area (Å²) in [6.07, 6.45) is 5.30. The summed E-state index contributed by atoms with van der Waals surface area (Å²) in [4.78, 5) is 18.5. The zero-order chi connectivity index (χ0) is 19.5. The summed E-state index contributed by atoms with van der Waals surface area (Å²) in [6, 6.07) is 12.2. The standard InChI is InChI=1S/C21H24N6O/c1-14-12-15(2)22-13-19(14)21(28)23-17-8-10-18(11-9-17)27-25-20(24-26-27)16-6-4-3-5-7-16/h3-7,12-13,17-18H,8-11H2,1-2H3,(H,23,28). The maximum atomic E-state index is 12.6. The molecule has 2 aromatic heterocycles. The number of pyridine rings is 1. The highest BCUT2D eigenvalue weighted by atomic mass is 16.1. The van der Waals surface area contributed by atoms with Crippen LogP contribution in [0.2, 0.25) is 0 Å². The molecule has 144 valence electrons. The third kappa shape index (κ3) is 3.93. The summed E-state index contributed by atoms with van der Waals surface area (Å²) in [5, 5.41) is 16.2. The molecular weight excluding hydrogens is 352 g/mol. The summed E-state index contributed by atoms with van der Waals surface area (Å²) in [5.74, 6) is 0.608. The van der Waals surface area contributed by atoms with E-state index >= 15 is 0 Å². The van der Waals surface area contributed by atoms with Gasteiger partial charge >= 0.3 is 0 Å². The molecule has 1 fully saturated rings. The van der Waals surface area contributed by atoms with Crippen molar-refractivity contribution in [2.75, 3.05) is 0 Å². The lowest BCUT2D eigenvalue weighted by Crippen LogP contribution is -2.38. The van der Waals surface area contributed by atoms with Crippen LogP contribution in [0.25, 0.3) is 11.4 Å². The average Bonchev–Trinajstić information content (AvgIpc) is 3.19. The van der Waals surface area contributed by atoms with Crippen LogP contribution in [0.15, 0.2) is 42.6 Å². The number of hydrogen-bond acceptors (Lipinski definition) is 5. The highest BCUT2D eigenvalue weighted by Crippen LogP contribution is 2.28. The van der Waals surface area contributed by atoms with E-state index in [-0.39, 0.29) is 18.0 Å². The predicted octanol–water partition coefficient (Wildman–Crippen LogP) is 3.27. The van der Waals surface area contributed by atoms with Crippen LogP contribution in [0, 0.1) is 13.8 Å². The summed E-state index contributed by atoms with van der Waals surface area (Å²) >= 11 is 0. The van der Waals surface area contributed by atoms with Crippen molar-refractivity contribution in [3.63, 3.8) is 0 Å². The molecule has 1 aliphatic rings. The highest BCUT2D eigenvalue weighted by Gasteiger charge is 2.26. The first-order valence-electron chi connectivity index (χ1n) is 9.69. The van der Waals surface area contributed by atoms with Crippen LogP contribution in [0.1, 0.15) is 53.3 Å². The van der Waals surface area contributed by atoms with Crippen molar-refractivity contribution in [1.29, 1.82) is 0 Å². The van der Waals surface area contributed by atoms with Gasteiger partial charge in [0, 0.05) is 23.5 Å². The molecule has 3 aromatic rings. The van der Waals surface area contributed by atoms with E-state index in [1.54, 1.807) is 11.0 Å². The smallest absolute Gasteiger partial charge is 0.253 e. The Morgan fingerprint density at radius 1 is 1.11 bits per heavy atom. The molecule has 0 unspecified atom stereocenters. The molecule has 1 aliphatic carbocycles. The van der Waals surface area contributed by atoms with Crippen LogP contribution in [-0.4, -0.2) is 37.1 Å². The maximum Gasteiger partial charge on any atom is 0.253 e. The number of aromatic nitrogens is 5. The van der Waals surface area contributed by atoms with Crippen LogP contribution < -0.4 is 5.32 Å². The number of amides is 1. The molecule has 0 atom stereocenters. The van der Waals surface area contributed by atoms with Crippen LogP contribution in [0.5, 0.6) is 0 Å². The molecule has 1 N–H and O–H groups in total. The van der Waals surface area contributed by atoms with Crippen molar-refractivity contribution in [2.45, 2.75) is 51.6 Å². The van der Waals surface area contributed by atoms with E-state index in [2.05, 4.69) is 25.7 Å². The van der Waals surface area contributed by atoms with E-state index in [4.69, 9.17) is 0 Å². The Kier molecular flexibility index (Phi) is 5.14. The van der Waals surface area contributed by atoms with Gasteiger partial charge in [-0.3, -0.25) is 9.78 Å². The van der Waals surface area contributed by atoms with Gasteiger partial charge in [-0.2, -0.15) is 4.80 Å². The van der Waals surface area contributed by atoms with Crippen LogP contribution >= 0.6 is 0 Å². The summed E-state index contributed by atoms with van der Waals surface area (Å²) in [5.41, 5.74) is 3.50. The van der Waals surface area contributed by atoms with E-state index in [0.717, 1.165) is 42.5 Å². The minimum Gasteiger partial charge on any atom is -0.349 e. The van der Waals surface area contributed by atoms with Crippen LogP contribution in [0.4, 0.5) is 0 Å². The number of hydrogen-bond donors (Lipinski definition) is 1. The van der Waals surface area contributed by atoms with Crippen LogP contribution in [0.3, 0.4) is 0 Å². The molecule has 0 saturated heterocycles. The lowest BCUT2D eigenvalue weighted by atomic mass is 9.91. The Labute approximate surface area is 164 Å². The van der Waals surface area contributed by atoms with Gasteiger partial charge in [-0.15, -0.1) is 10.2 Å². The second-order valence-electron chi connectivity index (χ2n) is 7.42. The predicted molar refractivity (Wildman–Crippen MR) is 106 cm³/mol. The van der Waals surface area contributed by atoms with Gasteiger partial charge in [0.25, 0.3) is 5.91 Å². The zero-order valence-corrected chi connectivity index (χ0v) is 16.2. The number of nitrogens with zero attached hydrogens (tertiary/aromatic N) is 5. The molecule has 1 amide bonds. The van der Waals surface area contributed by atoms with Gasteiger partial charge in [-0.05, 0) is 56.4 Å². The number of rotatable bonds is 4. The minimum atomic E-state index is -0.0429. The quantitative estimate of drug-likeness (QED) is 0.755. The topological polar surface area (TPSA) is 85.6 Å². The van der Waals surface area contributed by atoms with Gasteiger partial charge in [0.15, 0.2) is 0 Å².